The van der Waals surface area contributed by atoms with Gasteiger partial charge in [-0.25, -0.2) is 4.79 Å². The highest BCUT2D eigenvalue weighted by atomic mass is 32.2. The van der Waals surface area contributed by atoms with E-state index < -0.39 is 23.5 Å². The Balaban J connectivity index is 2.77. The Bertz CT molecular complexity index is 388. The van der Waals surface area contributed by atoms with E-state index in [9.17, 15) is 19.5 Å². The van der Waals surface area contributed by atoms with E-state index in [1.165, 1.54) is 30.5 Å². The molecule has 0 saturated carbocycles. The summed E-state index contributed by atoms with van der Waals surface area (Å²) < 4.78 is 0. The molecule has 0 radical (unpaired) electrons. The monoisotopic (exact) mass is 288 g/mol. The third kappa shape index (κ3) is 3.62. The standard InChI is InChI=1S/C12H20N2O4S/c1-4-5-12(3,11(17)18)13-10(16)9-6-19-7-14(9)8(2)15/h9H,4-7H2,1-3H3,(H,13,16)(H,17,18). The average molecular weight is 288 g/mol. The quantitative estimate of drug-likeness (QED) is 0.776. The van der Waals surface area contributed by atoms with Gasteiger partial charge in [0, 0.05) is 12.7 Å². The molecule has 1 rings (SSSR count). The van der Waals surface area contributed by atoms with Crippen LogP contribution in [-0.2, 0) is 14.4 Å². The van der Waals surface area contributed by atoms with E-state index in [1.807, 2.05) is 6.92 Å². The van der Waals surface area contributed by atoms with Gasteiger partial charge in [-0.15, -0.1) is 11.8 Å². The molecule has 2 N–H and O–H groups in total. The smallest absolute Gasteiger partial charge is 0.329 e. The van der Waals surface area contributed by atoms with Crippen molar-refractivity contribution in [1.82, 2.24) is 10.2 Å². The van der Waals surface area contributed by atoms with Crippen molar-refractivity contribution in [3.05, 3.63) is 0 Å². The van der Waals surface area contributed by atoms with Crippen LogP contribution < -0.4 is 5.32 Å². The SMILES string of the molecule is CCCC(C)(NC(=O)C1CSCN1C(C)=O)C(=O)O. The first kappa shape index (κ1) is 15.8. The first-order chi connectivity index (χ1) is 8.81. The summed E-state index contributed by atoms with van der Waals surface area (Å²) in [6.07, 6.45) is 1.01. The molecule has 1 aliphatic heterocycles. The number of rotatable bonds is 5. The third-order valence-corrected chi connectivity index (χ3v) is 4.22. The van der Waals surface area contributed by atoms with Crippen LogP contribution in [0.25, 0.3) is 0 Å². The zero-order valence-electron chi connectivity index (χ0n) is 11.4. The van der Waals surface area contributed by atoms with Gasteiger partial charge in [0.1, 0.15) is 11.6 Å². The average Bonchev–Trinajstić information content (AvgIpc) is 2.77. The molecule has 1 fully saturated rings. The van der Waals surface area contributed by atoms with Crippen molar-refractivity contribution in [2.24, 2.45) is 0 Å². The maximum Gasteiger partial charge on any atom is 0.329 e. The molecule has 1 saturated heterocycles. The van der Waals surface area contributed by atoms with Gasteiger partial charge < -0.3 is 15.3 Å². The van der Waals surface area contributed by atoms with Crippen LogP contribution in [0.15, 0.2) is 0 Å². The van der Waals surface area contributed by atoms with Crippen LogP contribution in [0.1, 0.15) is 33.6 Å². The topological polar surface area (TPSA) is 86.7 Å². The van der Waals surface area contributed by atoms with Crippen molar-refractivity contribution in [2.45, 2.75) is 45.2 Å². The second-order valence-corrected chi connectivity index (χ2v) is 5.88. The molecule has 2 atom stereocenters. The van der Waals surface area contributed by atoms with Crippen molar-refractivity contribution < 1.29 is 19.5 Å². The first-order valence-corrected chi connectivity index (χ1v) is 7.37. The van der Waals surface area contributed by atoms with Crippen molar-refractivity contribution in [3.8, 4) is 0 Å². The van der Waals surface area contributed by atoms with Gasteiger partial charge in [-0.2, -0.15) is 0 Å². The van der Waals surface area contributed by atoms with Gasteiger partial charge in [-0.3, -0.25) is 9.59 Å². The fourth-order valence-electron chi connectivity index (χ4n) is 2.05. The molecule has 0 aromatic rings. The predicted molar refractivity (Wildman–Crippen MR) is 72.7 cm³/mol. The molecule has 0 aromatic heterocycles. The lowest BCUT2D eigenvalue weighted by Gasteiger charge is -2.29. The van der Waals surface area contributed by atoms with Crippen LogP contribution >= 0.6 is 11.8 Å². The minimum atomic E-state index is -1.28. The van der Waals surface area contributed by atoms with Gasteiger partial charge in [0.05, 0.1) is 5.88 Å². The Morgan fingerprint density at radius 2 is 2.11 bits per heavy atom. The van der Waals surface area contributed by atoms with Crippen LogP contribution in [0.2, 0.25) is 0 Å². The highest BCUT2D eigenvalue weighted by molar-refractivity contribution is 7.99. The normalized spacial score (nSPS) is 21.8. The van der Waals surface area contributed by atoms with Gasteiger partial charge in [0.2, 0.25) is 11.8 Å². The number of carboxylic acids is 1. The predicted octanol–water partition coefficient (Wildman–Crippen LogP) is 0.667. The van der Waals surface area contributed by atoms with Crippen LogP contribution in [0, 0.1) is 0 Å². The van der Waals surface area contributed by atoms with Crippen LogP contribution in [0.3, 0.4) is 0 Å². The molecule has 0 spiro atoms. The van der Waals surface area contributed by atoms with E-state index in [0.29, 0.717) is 24.5 Å². The molecule has 2 unspecified atom stereocenters. The number of hydrogen-bond acceptors (Lipinski definition) is 4. The summed E-state index contributed by atoms with van der Waals surface area (Å²) >= 11 is 1.49. The molecule has 19 heavy (non-hydrogen) atoms. The lowest BCUT2D eigenvalue weighted by molar-refractivity contribution is -0.148. The largest absolute Gasteiger partial charge is 0.480 e. The summed E-state index contributed by atoms with van der Waals surface area (Å²) in [7, 11) is 0. The number of amides is 2. The number of carbonyl (C=O) groups is 3. The number of carboxylic acid groups (broad SMARTS) is 1. The molecule has 1 aliphatic rings. The molecule has 2 amide bonds. The maximum atomic E-state index is 12.2. The van der Waals surface area contributed by atoms with Gasteiger partial charge in [-0.1, -0.05) is 13.3 Å². The Labute approximate surface area is 116 Å². The Morgan fingerprint density at radius 3 is 2.58 bits per heavy atom. The molecule has 0 bridgehead atoms. The minimum Gasteiger partial charge on any atom is -0.480 e. The van der Waals surface area contributed by atoms with Crippen LogP contribution in [0.4, 0.5) is 0 Å². The van der Waals surface area contributed by atoms with E-state index in [1.54, 1.807) is 0 Å². The van der Waals surface area contributed by atoms with E-state index in [-0.39, 0.29) is 5.91 Å². The number of aliphatic carboxylic acids is 1. The molecule has 1 heterocycles. The van der Waals surface area contributed by atoms with Crippen molar-refractivity contribution in [3.63, 3.8) is 0 Å². The fraction of sp³-hybridized carbons (Fsp3) is 0.750. The summed E-state index contributed by atoms with van der Waals surface area (Å²) in [4.78, 5) is 36.3. The summed E-state index contributed by atoms with van der Waals surface area (Å²) in [5.74, 6) is -0.628. The van der Waals surface area contributed by atoms with Crippen molar-refractivity contribution in [1.29, 1.82) is 0 Å². The van der Waals surface area contributed by atoms with Gasteiger partial charge in [0.25, 0.3) is 0 Å². The molecule has 0 aliphatic carbocycles. The third-order valence-electron chi connectivity index (χ3n) is 3.21. The minimum absolute atomic E-state index is 0.169. The van der Waals surface area contributed by atoms with Gasteiger partial charge >= 0.3 is 5.97 Å². The second kappa shape index (κ2) is 6.27. The van der Waals surface area contributed by atoms with Crippen LogP contribution in [-0.4, -0.2) is 51.0 Å². The molecule has 108 valence electrons. The van der Waals surface area contributed by atoms with E-state index in [0.717, 1.165) is 0 Å². The van der Waals surface area contributed by atoms with Crippen LogP contribution in [0.5, 0.6) is 0 Å². The summed E-state index contributed by atoms with van der Waals surface area (Å²) in [6, 6.07) is -0.571. The van der Waals surface area contributed by atoms with Gasteiger partial charge in [0.15, 0.2) is 0 Å². The molecular formula is C12H20N2O4S. The molecule has 7 heteroatoms. The van der Waals surface area contributed by atoms with E-state index in [4.69, 9.17) is 0 Å². The summed E-state index contributed by atoms with van der Waals surface area (Å²) in [5, 5.41) is 11.8. The Kier molecular flexibility index (Phi) is 5.22. The van der Waals surface area contributed by atoms with Gasteiger partial charge in [-0.05, 0) is 13.3 Å². The summed E-state index contributed by atoms with van der Waals surface area (Å²) in [6.45, 7) is 4.77. The highest BCUT2D eigenvalue weighted by Gasteiger charge is 2.39. The lowest BCUT2D eigenvalue weighted by Crippen LogP contribution is -2.57. The highest BCUT2D eigenvalue weighted by Crippen LogP contribution is 2.22. The molecule has 0 aromatic carbocycles. The first-order valence-electron chi connectivity index (χ1n) is 6.22. The number of thioether (sulfide) groups is 1. The lowest BCUT2D eigenvalue weighted by atomic mass is 9.96. The zero-order chi connectivity index (χ0) is 14.6. The molecular weight excluding hydrogens is 268 g/mol. The summed E-state index contributed by atoms with van der Waals surface area (Å²) in [5.41, 5.74) is -1.28. The van der Waals surface area contributed by atoms with E-state index in [2.05, 4.69) is 5.32 Å². The number of nitrogens with one attached hydrogen (secondary N) is 1. The fourth-order valence-corrected chi connectivity index (χ4v) is 3.27. The zero-order valence-corrected chi connectivity index (χ0v) is 12.2. The maximum absolute atomic E-state index is 12.2. The number of carbonyl (C=O) groups excluding carboxylic acids is 2. The Morgan fingerprint density at radius 1 is 1.47 bits per heavy atom. The van der Waals surface area contributed by atoms with E-state index >= 15 is 0 Å². The number of hydrogen-bond donors (Lipinski definition) is 2. The number of nitrogens with zero attached hydrogens (tertiary/aromatic N) is 1. The van der Waals surface area contributed by atoms with Crippen molar-refractivity contribution in [2.75, 3.05) is 11.6 Å². The molecule has 6 nitrogen and oxygen atoms in total. The van der Waals surface area contributed by atoms with Crippen molar-refractivity contribution >= 4 is 29.5 Å². The second-order valence-electron chi connectivity index (χ2n) is 4.88. The Hall–Kier alpha value is -1.24.